The average molecular weight is 306 g/mol. The van der Waals surface area contributed by atoms with E-state index >= 15 is 0 Å². The number of nitrogens with one attached hydrogen (secondary N) is 1. The molecule has 114 valence electrons. The molecule has 1 aromatic carbocycles. The van der Waals surface area contributed by atoms with Crippen LogP contribution in [0.3, 0.4) is 0 Å². The zero-order chi connectivity index (χ0) is 15.2. The Morgan fingerprint density at radius 2 is 2.19 bits per heavy atom. The van der Waals surface area contributed by atoms with Crippen LogP contribution in [0.4, 0.5) is 5.69 Å². The van der Waals surface area contributed by atoms with Crippen LogP contribution in [0.15, 0.2) is 29.2 Å². The van der Waals surface area contributed by atoms with E-state index in [-0.39, 0.29) is 17.9 Å². The summed E-state index contributed by atoms with van der Waals surface area (Å²) in [7, 11) is 0. The summed E-state index contributed by atoms with van der Waals surface area (Å²) < 4.78 is 0. The Morgan fingerprint density at radius 3 is 2.95 bits per heavy atom. The van der Waals surface area contributed by atoms with Crippen molar-refractivity contribution in [2.75, 3.05) is 17.2 Å². The van der Waals surface area contributed by atoms with Crippen LogP contribution in [-0.4, -0.2) is 30.2 Å². The molecule has 0 saturated carbocycles. The number of benzene rings is 1. The first-order valence-electron chi connectivity index (χ1n) is 7.43. The summed E-state index contributed by atoms with van der Waals surface area (Å²) in [6.45, 7) is 4.56. The third kappa shape index (κ3) is 4.24. The van der Waals surface area contributed by atoms with Gasteiger partial charge in [0.15, 0.2) is 0 Å². The lowest BCUT2D eigenvalue weighted by Gasteiger charge is -2.28. The van der Waals surface area contributed by atoms with E-state index in [4.69, 9.17) is 0 Å². The Labute approximate surface area is 130 Å². The molecule has 1 N–H and O–H groups in total. The number of carbonyl (C=O) groups excluding carboxylic acids is 2. The predicted molar refractivity (Wildman–Crippen MR) is 86.6 cm³/mol. The number of hydrogen-bond donors (Lipinski definition) is 1. The van der Waals surface area contributed by atoms with E-state index in [9.17, 15) is 9.59 Å². The van der Waals surface area contributed by atoms with Gasteiger partial charge in [-0.2, -0.15) is 0 Å². The molecule has 1 unspecified atom stereocenters. The topological polar surface area (TPSA) is 49.4 Å². The molecule has 2 rings (SSSR count). The number of amides is 2. The number of hydrogen-bond acceptors (Lipinski definition) is 3. The van der Waals surface area contributed by atoms with E-state index in [1.165, 1.54) is 0 Å². The molecule has 2 amide bonds. The van der Waals surface area contributed by atoms with Gasteiger partial charge in [0.05, 0.1) is 11.4 Å². The third-order valence-corrected chi connectivity index (χ3v) is 4.55. The maximum Gasteiger partial charge on any atom is 0.237 e. The fourth-order valence-corrected chi connectivity index (χ4v) is 3.40. The first kappa shape index (κ1) is 15.9. The number of thioether (sulfide) groups is 1. The summed E-state index contributed by atoms with van der Waals surface area (Å²) in [5, 5.41) is 2.98. The van der Waals surface area contributed by atoms with Gasteiger partial charge in [0, 0.05) is 23.9 Å². The molecule has 0 bridgehead atoms. The molecule has 0 saturated heterocycles. The molecule has 5 heteroatoms. The summed E-state index contributed by atoms with van der Waals surface area (Å²) >= 11 is 1.56. The summed E-state index contributed by atoms with van der Waals surface area (Å²) in [6.07, 6.45) is 2.38. The Balaban J connectivity index is 1.93. The molecule has 0 radical (unpaired) electrons. The van der Waals surface area contributed by atoms with Crippen molar-refractivity contribution in [3.8, 4) is 0 Å². The molecule has 1 aromatic rings. The fourth-order valence-electron chi connectivity index (χ4n) is 2.46. The molecular formula is C16H22N2O2S. The van der Waals surface area contributed by atoms with E-state index in [0.717, 1.165) is 23.4 Å². The second-order valence-electron chi connectivity index (χ2n) is 5.31. The van der Waals surface area contributed by atoms with Crippen LogP contribution < -0.4 is 10.2 Å². The van der Waals surface area contributed by atoms with Crippen molar-refractivity contribution in [1.29, 1.82) is 0 Å². The number of anilines is 1. The quantitative estimate of drug-likeness (QED) is 0.879. The summed E-state index contributed by atoms with van der Waals surface area (Å²) in [5.41, 5.74) is 0.924. The van der Waals surface area contributed by atoms with Gasteiger partial charge in [-0.15, -0.1) is 11.8 Å². The van der Waals surface area contributed by atoms with Crippen molar-refractivity contribution < 1.29 is 9.59 Å². The van der Waals surface area contributed by atoms with Crippen molar-refractivity contribution in [2.24, 2.45) is 0 Å². The number of fused-ring (bicyclic) bond motifs is 1. The lowest BCUT2D eigenvalue weighted by molar-refractivity contribution is -0.121. The molecule has 0 aliphatic carbocycles. The number of nitrogens with zero attached hydrogens (tertiary/aromatic N) is 1. The minimum absolute atomic E-state index is 0.0134. The van der Waals surface area contributed by atoms with Gasteiger partial charge in [0.25, 0.3) is 0 Å². The van der Waals surface area contributed by atoms with Crippen LogP contribution in [0.2, 0.25) is 0 Å². The van der Waals surface area contributed by atoms with Crippen LogP contribution in [0.25, 0.3) is 0 Å². The van der Waals surface area contributed by atoms with Crippen molar-refractivity contribution >= 4 is 29.3 Å². The summed E-state index contributed by atoms with van der Waals surface area (Å²) in [4.78, 5) is 26.8. The monoisotopic (exact) mass is 306 g/mol. The van der Waals surface area contributed by atoms with Crippen molar-refractivity contribution in [1.82, 2.24) is 5.32 Å². The molecule has 0 fully saturated rings. The first-order valence-corrected chi connectivity index (χ1v) is 8.42. The Kier molecular flexibility index (Phi) is 5.67. The second-order valence-corrected chi connectivity index (χ2v) is 6.33. The number of para-hydroxylation sites is 1. The standard InChI is InChI=1S/C16H22N2O2S/c1-3-6-12(2)17-15(19)9-10-18-13-7-4-5-8-14(13)21-11-16(18)20/h4-5,7-8,12H,3,6,9-11H2,1-2H3,(H,17,19). The molecule has 21 heavy (non-hydrogen) atoms. The molecule has 1 aliphatic rings. The van der Waals surface area contributed by atoms with Crippen molar-refractivity contribution in [2.45, 2.75) is 44.0 Å². The lowest BCUT2D eigenvalue weighted by Crippen LogP contribution is -2.40. The van der Waals surface area contributed by atoms with Crippen LogP contribution in [0, 0.1) is 0 Å². The SMILES string of the molecule is CCCC(C)NC(=O)CCN1C(=O)CSc2ccccc21. The molecule has 1 atom stereocenters. The zero-order valence-electron chi connectivity index (χ0n) is 12.6. The third-order valence-electron chi connectivity index (χ3n) is 3.50. The van der Waals surface area contributed by atoms with Gasteiger partial charge in [0.2, 0.25) is 11.8 Å². The summed E-state index contributed by atoms with van der Waals surface area (Å²) in [5.74, 6) is 0.540. The first-order chi connectivity index (χ1) is 10.1. The van der Waals surface area contributed by atoms with Crippen LogP contribution in [0.1, 0.15) is 33.1 Å². The van der Waals surface area contributed by atoms with Gasteiger partial charge in [-0.1, -0.05) is 25.5 Å². The van der Waals surface area contributed by atoms with Gasteiger partial charge in [-0.05, 0) is 25.5 Å². The molecule has 0 aromatic heterocycles. The minimum Gasteiger partial charge on any atom is -0.354 e. The highest BCUT2D eigenvalue weighted by atomic mass is 32.2. The molecule has 1 aliphatic heterocycles. The van der Waals surface area contributed by atoms with Gasteiger partial charge >= 0.3 is 0 Å². The van der Waals surface area contributed by atoms with E-state index in [1.807, 2.05) is 31.2 Å². The van der Waals surface area contributed by atoms with E-state index in [1.54, 1.807) is 16.7 Å². The minimum atomic E-state index is 0.0134. The highest BCUT2D eigenvalue weighted by Crippen LogP contribution is 2.34. The Bertz CT molecular complexity index is 519. The highest BCUT2D eigenvalue weighted by molar-refractivity contribution is 8.00. The maximum absolute atomic E-state index is 12.1. The average Bonchev–Trinajstić information content (AvgIpc) is 2.46. The van der Waals surface area contributed by atoms with Gasteiger partial charge in [0.1, 0.15) is 0 Å². The van der Waals surface area contributed by atoms with E-state index in [2.05, 4.69) is 12.2 Å². The van der Waals surface area contributed by atoms with E-state index in [0.29, 0.717) is 18.7 Å². The van der Waals surface area contributed by atoms with Crippen molar-refractivity contribution in [3.05, 3.63) is 24.3 Å². The number of rotatable bonds is 6. The summed E-state index contributed by atoms with van der Waals surface area (Å²) in [6, 6.07) is 8.05. The second kappa shape index (κ2) is 7.50. The fraction of sp³-hybridized carbons (Fsp3) is 0.500. The van der Waals surface area contributed by atoms with Gasteiger partial charge < -0.3 is 10.2 Å². The smallest absolute Gasteiger partial charge is 0.237 e. The van der Waals surface area contributed by atoms with Gasteiger partial charge in [-0.3, -0.25) is 9.59 Å². The Morgan fingerprint density at radius 1 is 1.43 bits per heavy atom. The molecular weight excluding hydrogens is 284 g/mol. The lowest BCUT2D eigenvalue weighted by atomic mass is 10.2. The number of carbonyl (C=O) groups is 2. The van der Waals surface area contributed by atoms with Crippen LogP contribution in [0.5, 0.6) is 0 Å². The zero-order valence-corrected chi connectivity index (χ0v) is 13.4. The predicted octanol–water partition coefficient (Wildman–Crippen LogP) is 2.82. The van der Waals surface area contributed by atoms with Crippen LogP contribution >= 0.6 is 11.8 Å². The molecule has 0 spiro atoms. The van der Waals surface area contributed by atoms with E-state index < -0.39 is 0 Å². The maximum atomic E-state index is 12.1. The normalized spacial score (nSPS) is 15.5. The molecule has 4 nitrogen and oxygen atoms in total. The highest BCUT2D eigenvalue weighted by Gasteiger charge is 2.24. The van der Waals surface area contributed by atoms with Crippen molar-refractivity contribution in [3.63, 3.8) is 0 Å². The van der Waals surface area contributed by atoms with Crippen LogP contribution in [-0.2, 0) is 9.59 Å². The largest absolute Gasteiger partial charge is 0.354 e. The van der Waals surface area contributed by atoms with Gasteiger partial charge in [-0.25, -0.2) is 0 Å². The Hall–Kier alpha value is -1.49. The molecule has 1 heterocycles.